The van der Waals surface area contributed by atoms with E-state index >= 15 is 0 Å². The van der Waals surface area contributed by atoms with Crippen molar-refractivity contribution in [3.8, 4) is 67.5 Å². The van der Waals surface area contributed by atoms with Crippen molar-refractivity contribution in [2.75, 3.05) is 0 Å². The van der Waals surface area contributed by atoms with Crippen molar-refractivity contribution in [1.82, 2.24) is 14.5 Å². The standard InChI is InChI=1S/C53H50N3O.Pt/c1-33-18-20-37(21-19-33)38-22-23-54-47(31-38)41-26-40(28-42(29-41)52(4,5)6)45-16-13-17-48-49(45)55-51(46-25-34(2)24-35(3)50(46)57)56(48)44-30-39(36-14-11-10-12-15-36)27-43(32-44)53(7,8)9;/h10-25,27-32,57H,1-9H3;/q-1;/i1D3,18D,19D,20D,21D;. The average Bonchev–Trinajstić information content (AvgIpc) is 3.63. The Kier molecular flexibility index (Phi) is 8.74. The second-order valence-corrected chi connectivity index (χ2v) is 16.9. The molecule has 0 spiro atoms. The Hall–Kier alpha value is -5.57. The number of fused-ring (bicyclic) bond motifs is 1. The fourth-order valence-corrected chi connectivity index (χ4v) is 7.34. The van der Waals surface area contributed by atoms with E-state index in [-0.39, 0.29) is 43.2 Å². The molecule has 0 saturated carbocycles. The molecule has 4 nitrogen and oxygen atoms in total. The van der Waals surface area contributed by atoms with Crippen LogP contribution in [0, 0.1) is 26.8 Å². The van der Waals surface area contributed by atoms with Crippen LogP contribution in [-0.2, 0) is 31.9 Å². The van der Waals surface area contributed by atoms with Gasteiger partial charge in [-0.15, -0.1) is 29.3 Å². The van der Waals surface area contributed by atoms with E-state index in [1.54, 1.807) is 18.3 Å². The largest absolute Gasteiger partial charge is 0.507 e. The van der Waals surface area contributed by atoms with Crippen LogP contribution in [0.25, 0.3) is 72.7 Å². The number of phenols is 1. The first-order valence-electron chi connectivity index (χ1n) is 22.7. The maximum atomic E-state index is 11.7. The number of benzene rings is 6. The summed E-state index contributed by atoms with van der Waals surface area (Å²) in [6.07, 6.45) is 1.55. The van der Waals surface area contributed by atoms with Crippen molar-refractivity contribution >= 4 is 11.0 Å². The number of rotatable bonds is 6. The van der Waals surface area contributed by atoms with Gasteiger partial charge in [-0.1, -0.05) is 143 Å². The Morgan fingerprint density at radius 3 is 2.07 bits per heavy atom. The van der Waals surface area contributed by atoms with Gasteiger partial charge in [-0.3, -0.25) is 9.55 Å². The zero-order valence-corrected chi connectivity index (χ0v) is 36.3. The molecule has 1 N–H and O–H groups in total. The number of hydrogen-bond acceptors (Lipinski definition) is 3. The van der Waals surface area contributed by atoms with Crippen LogP contribution in [0.5, 0.6) is 5.75 Å². The zero-order chi connectivity index (χ0) is 46.2. The first kappa shape index (κ1) is 32.4. The monoisotopic (exact) mass is 946 g/mol. The molecule has 0 aliphatic rings. The van der Waals surface area contributed by atoms with E-state index < -0.39 is 36.6 Å². The molecule has 0 radical (unpaired) electrons. The van der Waals surface area contributed by atoms with E-state index in [9.17, 15) is 5.11 Å². The van der Waals surface area contributed by atoms with Gasteiger partial charge in [0.2, 0.25) is 0 Å². The van der Waals surface area contributed by atoms with Gasteiger partial charge in [-0.25, -0.2) is 4.98 Å². The molecule has 8 rings (SSSR count). The van der Waals surface area contributed by atoms with Gasteiger partial charge in [0.15, 0.2) is 0 Å². The van der Waals surface area contributed by atoms with Crippen LogP contribution in [0.15, 0.2) is 133 Å². The Bertz CT molecular complexity index is 3120. The summed E-state index contributed by atoms with van der Waals surface area (Å²) < 4.78 is 60.4. The van der Waals surface area contributed by atoms with E-state index in [1.807, 2.05) is 62.4 Å². The van der Waals surface area contributed by atoms with Crippen molar-refractivity contribution in [2.45, 2.75) is 73.1 Å². The third kappa shape index (κ3) is 7.96. The summed E-state index contributed by atoms with van der Waals surface area (Å²) in [5, 5.41) is 11.7. The van der Waals surface area contributed by atoms with Gasteiger partial charge >= 0.3 is 0 Å². The Labute approximate surface area is 367 Å². The van der Waals surface area contributed by atoms with Crippen molar-refractivity contribution in [1.29, 1.82) is 0 Å². The maximum Gasteiger partial charge on any atom is 0.148 e. The molecule has 0 atom stereocenters. The number of aryl methyl sites for hydroxylation is 2. The summed E-state index contributed by atoms with van der Waals surface area (Å²) in [5.41, 5.74) is 10.9. The molecule has 8 aromatic rings. The number of pyridine rings is 1. The Morgan fingerprint density at radius 2 is 1.36 bits per heavy atom. The van der Waals surface area contributed by atoms with Crippen LogP contribution in [0.4, 0.5) is 0 Å². The van der Waals surface area contributed by atoms with Crippen molar-refractivity contribution in [2.24, 2.45) is 0 Å². The summed E-state index contributed by atoms with van der Waals surface area (Å²) in [7, 11) is 0. The average molecular weight is 947 g/mol. The van der Waals surface area contributed by atoms with Gasteiger partial charge < -0.3 is 5.11 Å². The smallest absolute Gasteiger partial charge is 0.148 e. The third-order valence-electron chi connectivity index (χ3n) is 10.5. The SMILES string of the molecule is [2H]c1c([2H])c(C([2H])([2H])[2H])c([2H])c([2H])c1-c1ccnc(-c2[c-]c(-c3cccc4c3nc(-c3cc(C)cc(C)c3O)n4-c3cc(-c4ccccc4)cc(C(C)(C)C)c3)cc(C(C)(C)C)c2)c1.[Pt]. The molecule has 58 heavy (non-hydrogen) atoms. The molecule has 0 aliphatic heterocycles. The van der Waals surface area contributed by atoms with Gasteiger partial charge in [0, 0.05) is 42.8 Å². The first-order chi connectivity index (χ1) is 30.0. The van der Waals surface area contributed by atoms with Crippen LogP contribution in [0.3, 0.4) is 0 Å². The normalized spacial score (nSPS) is 13.8. The summed E-state index contributed by atoms with van der Waals surface area (Å²) in [6.45, 7) is 14.1. The molecule has 0 saturated heterocycles. The van der Waals surface area contributed by atoms with Gasteiger partial charge in [0.25, 0.3) is 0 Å². The molecule has 0 bridgehead atoms. The second-order valence-electron chi connectivity index (χ2n) is 16.9. The minimum atomic E-state index is -2.82. The molecule has 0 amide bonds. The summed E-state index contributed by atoms with van der Waals surface area (Å²) >= 11 is 0. The number of imidazole rings is 1. The van der Waals surface area contributed by atoms with E-state index in [1.165, 1.54) is 0 Å². The molecule has 2 aromatic heterocycles. The third-order valence-corrected chi connectivity index (χ3v) is 10.5. The minimum Gasteiger partial charge on any atom is -0.507 e. The predicted octanol–water partition coefficient (Wildman–Crippen LogP) is 13.8. The molecule has 294 valence electrons. The van der Waals surface area contributed by atoms with Gasteiger partial charge in [0.1, 0.15) is 11.6 Å². The quantitative estimate of drug-likeness (QED) is 0.169. The first-order valence-corrected chi connectivity index (χ1v) is 19.2. The summed E-state index contributed by atoms with van der Waals surface area (Å²) in [4.78, 5) is 10.1. The maximum absolute atomic E-state index is 11.7. The van der Waals surface area contributed by atoms with Crippen LogP contribution < -0.4 is 0 Å². The van der Waals surface area contributed by atoms with Gasteiger partial charge in [-0.05, 0) is 101 Å². The zero-order valence-electron chi connectivity index (χ0n) is 41.0. The fourth-order valence-electron chi connectivity index (χ4n) is 7.34. The number of aromatic nitrogens is 3. The van der Waals surface area contributed by atoms with Crippen LogP contribution >= 0.6 is 0 Å². The number of para-hydroxylation sites is 1. The molecule has 0 aliphatic carbocycles. The number of hydrogen-bond donors (Lipinski definition) is 1. The topological polar surface area (TPSA) is 50.9 Å². The molecular formula is C53H50N3OPt-. The minimum absolute atomic E-state index is 0. The number of nitrogens with zero attached hydrogens (tertiary/aromatic N) is 3. The van der Waals surface area contributed by atoms with Crippen molar-refractivity contribution in [3.63, 3.8) is 0 Å². The van der Waals surface area contributed by atoms with Gasteiger partial charge in [0.05, 0.1) is 22.1 Å². The Morgan fingerprint density at radius 1 is 0.655 bits per heavy atom. The van der Waals surface area contributed by atoms with Crippen LogP contribution in [-0.4, -0.2) is 19.6 Å². The molecule has 6 aromatic carbocycles. The summed E-state index contributed by atoms with van der Waals surface area (Å²) in [5.74, 6) is 0.742. The number of aromatic hydroxyl groups is 1. The fraction of sp³-hybridized carbons (Fsp3) is 0.208. The summed E-state index contributed by atoms with van der Waals surface area (Å²) in [6, 6.07) is 36.0. The van der Waals surface area contributed by atoms with E-state index in [0.717, 1.165) is 55.7 Å². The van der Waals surface area contributed by atoms with Crippen LogP contribution in [0.2, 0.25) is 0 Å². The molecule has 5 heteroatoms. The van der Waals surface area contributed by atoms with Crippen LogP contribution in [0.1, 0.15) is 79.0 Å². The molecule has 2 heterocycles. The molecule has 0 unspecified atom stereocenters. The molecular weight excluding hydrogens is 890 g/mol. The van der Waals surface area contributed by atoms with Crippen molar-refractivity contribution in [3.05, 3.63) is 167 Å². The molecule has 0 fully saturated rings. The second kappa shape index (κ2) is 15.6. The van der Waals surface area contributed by atoms with E-state index in [0.29, 0.717) is 33.7 Å². The van der Waals surface area contributed by atoms with Crippen molar-refractivity contribution < 1.29 is 35.8 Å². The van der Waals surface area contributed by atoms with E-state index in [2.05, 4.69) is 94.6 Å². The predicted molar refractivity (Wildman–Crippen MR) is 238 cm³/mol. The van der Waals surface area contributed by atoms with Gasteiger partial charge in [-0.2, -0.15) is 0 Å². The Balaban J connectivity index is 0.00000630. The number of phenolic OH excluding ortho intramolecular Hbond substituents is 1. The van der Waals surface area contributed by atoms with E-state index in [4.69, 9.17) is 19.6 Å².